The van der Waals surface area contributed by atoms with Crippen molar-refractivity contribution in [1.29, 1.82) is 0 Å². The van der Waals surface area contributed by atoms with Crippen molar-refractivity contribution in [3.05, 3.63) is 65.9 Å². The molecule has 22 heteroatoms. The van der Waals surface area contributed by atoms with E-state index in [0.717, 1.165) is 32.5 Å². The molecule has 1 fully saturated rings. The highest BCUT2D eigenvalue weighted by Crippen LogP contribution is 2.24. The van der Waals surface area contributed by atoms with E-state index < -0.39 is 102 Å². The Morgan fingerprint density at radius 2 is 1.40 bits per heavy atom. The van der Waals surface area contributed by atoms with E-state index in [1.165, 1.54) is 26.0 Å². The number of phenols is 1. The van der Waals surface area contributed by atoms with Crippen molar-refractivity contribution in [2.45, 2.75) is 108 Å². The molecule has 8 amide bonds. The van der Waals surface area contributed by atoms with Crippen LogP contribution in [0, 0.1) is 5.92 Å². The zero-order valence-corrected chi connectivity index (χ0v) is 38.3. The van der Waals surface area contributed by atoms with E-state index in [-0.39, 0.29) is 36.5 Å². The predicted octanol–water partition coefficient (Wildman–Crippen LogP) is -0.882. The van der Waals surface area contributed by atoms with Crippen molar-refractivity contribution in [2.75, 3.05) is 18.1 Å². The number of fused-ring (bicyclic) bond motifs is 1. The molecule has 3 aromatic rings. The molecule has 0 spiro atoms. The molecular formula is C43H60N10O10S2. The van der Waals surface area contributed by atoms with Crippen molar-refractivity contribution in [3.63, 3.8) is 0 Å². The number of primary amides is 1. The van der Waals surface area contributed by atoms with E-state index in [4.69, 9.17) is 11.5 Å². The van der Waals surface area contributed by atoms with Gasteiger partial charge < -0.3 is 63.9 Å². The van der Waals surface area contributed by atoms with Crippen LogP contribution in [-0.2, 0) is 51.2 Å². The van der Waals surface area contributed by atoms with Gasteiger partial charge in [0.2, 0.25) is 47.3 Å². The number of aliphatic hydroxyl groups is 1. The van der Waals surface area contributed by atoms with E-state index in [2.05, 4.69) is 42.2 Å². The van der Waals surface area contributed by atoms with Gasteiger partial charge in [-0.2, -0.15) is 0 Å². The highest BCUT2D eigenvalue weighted by atomic mass is 33.1. The fourth-order valence-corrected chi connectivity index (χ4v) is 9.29. The van der Waals surface area contributed by atoms with E-state index in [1.54, 1.807) is 32.2 Å². The van der Waals surface area contributed by atoms with Crippen LogP contribution in [0.25, 0.3) is 10.9 Å². The summed E-state index contributed by atoms with van der Waals surface area (Å²) in [5, 5.41) is 39.5. The van der Waals surface area contributed by atoms with Gasteiger partial charge in [-0.3, -0.25) is 38.4 Å². The molecule has 0 aliphatic carbocycles. The van der Waals surface area contributed by atoms with Crippen LogP contribution in [0.3, 0.4) is 0 Å². The Morgan fingerprint density at radius 1 is 0.785 bits per heavy atom. The average molecular weight is 941 g/mol. The van der Waals surface area contributed by atoms with Crippen molar-refractivity contribution in [1.82, 2.24) is 42.2 Å². The molecule has 0 bridgehead atoms. The number of aliphatic hydroxyl groups excluding tert-OH is 1. The van der Waals surface area contributed by atoms with Crippen molar-refractivity contribution >= 4 is 79.7 Å². The summed E-state index contributed by atoms with van der Waals surface area (Å²) < 4.78 is 0. The van der Waals surface area contributed by atoms with Crippen LogP contribution in [0.4, 0.5) is 0 Å². The third-order valence-corrected chi connectivity index (χ3v) is 13.0. The van der Waals surface area contributed by atoms with Crippen LogP contribution in [-0.4, -0.2) is 129 Å². The second-order valence-electron chi connectivity index (χ2n) is 16.1. The number of aromatic amines is 1. The molecule has 65 heavy (non-hydrogen) atoms. The minimum Gasteiger partial charge on any atom is -0.508 e. The molecule has 2 heterocycles. The number of phenolic OH excluding ortho intramolecular Hbond substituents is 1. The van der Waals surface area contributed by atoms with Crippen LogP contribution in [0.2, 0.25) is 0 Å². The average Bonchev–Trinajstić information content (AvgIpc) is 3.66. The quantitative estimate of drug-likeness (QED) is 0.0691. The van der Waals surface area contributed by atoms with E-state index >= 15 is 0 Å². The molecule has 14 N–H and O–H groups in total. The Bertz CT molecular complexity index is 2150. The van der Waals surface area contributed by atoms with Gasteiger partial charge in [0.1, 0.15) is 48.0 Å². The fourth-order valence-electron chi connectivity index (χ4n) is 6.96. The molecule has 4 rings (SSSR count). The molecule has 4 unspecified atom stereocenters. The van der Waals surface area contributed by atoms with Gasteiger partial charge >= 0.3 is 0 Å². The molecule has 1 aromatic heterocycles. The smallest absolute Gasteiger partial charge is 0.244 e. The molecule has 2 aromatic carbocycles. The van der Waals surface area contributed by atoms with E-state index in [0.29, 0.717) is 30.5 Å². The lowest BCUT2D eigenvalue weighted by atomic mass is 10.00. The monoisotopic (exact) mass is 940 g/mol. The number of H-pyrrole nitrogens is 1. The second-order valence-corrected chi connectivity index (χ2v) is 18.7. The largest absolute Gasteiger partial charge is 0.508 e. The molecule has 0 radical (unpaired) electrons. The zero-order valence-electron chi connectivity index (χ0n) is 36.7. The summed E-state index contributed by atoms with van der Waals surface area (Å²) in [4.78, 5) is 113. The van der Waals surface area contributed by atoms with E-state index in [9.17, 15) is 48.6 Å². The molecule has 1 saturated heterocycles. The number of para-hydroxylation sites is 1. The lowest BCUT2D eigenvalue weighted by Crippen LogP contribution is -2.62. The number of aromatic nitrogens is 1. The fraction of sp³-hybridized carbons (Fsp3) is 0.488. The lowest BCUT2D eigenvalue weighted by Gasteiger charge is -2.29. The molecule has 354 valence electrons. The topological polar surface area (TPSA) is 329 Å². The van der Waals surface area contributed by atoms with Gasteiger partial charge in [-0.15, -0.1) is 0 Å². The molecule has 0 saturated carbocycles. The van der Waals surface area contributed by atoms with E-state index in [1.807, 2.05) is 24.3 Å². The number of amides is 8. The number of carbonyl (C=O) groups is 8. The van der Waals surface area contributed by atoms with Gasteiger partial charge in [-0.25, -0.2) is 0 Å². The summed E-state index contributed by atoms with van der Waals surface area (Å²) in [6, 6.07) is 3.99. The maximum Gasteiger partial charge on any atom is 0.244 e. The summed E-state index contributed by atoms with van der Waals surface area (Å²) in [6.07, 6.45) is 1.11. The van der Waals surface area contributed by atoms with Gasteiger partial charge in [-0.05, 0) is 68.0 Å². The first kappa shape index (κ1) is 51.8. The first-order valence-electron chi connectivity index (χ1n) is 21.2. The maximum atomic E-state index is 14.5. The Balaban J connectivity index is 1.80. The van der Waals surface area contributed by atoms with Gasteiger partial charge in [0.15, 0.2) is 0 Å². The highest BCUT2D eigenvalue weighted by molar-refractivity contribution is 8.76. The molecule has 1 aliphatic rings. The summed E-state index contributed by atoms with van der Waals surface area (Å²) in [5.74, 6) is -7.17. The number of hydrogen-bond donors (Lipinski definition) is 12. The van der Waals surface area contributed by atoms with Crippen LogP contribution >= 0.6 is 21.6 Å². The lowest BCUT2D eigenvalue weighted by molar-refractivity contribution is -0.136. The third kappa shape index (κ3) is 15.7. The van der Waals surface area contributed by atoms with Gasteiger partial charge in [-0.1, -0.05) is 65.8 Å². The van der Waals surface area contributed by atoms with Crippen LogP contribution < -0.4 is 48.7 Å². The first-order chi connectivity index (χ1) is 30.9. The standard InChI is InChI=1S/C43H60N10O10S2/c1-22(2)35-43(63)51-34(42(62)53-36(23(3)54)37(45)57)21-65-64-20-33(47-24(4)55)41(61)49-31(17-25-12-14-27(56)15-13-25)39(59)50-32(18-26-19-46-29-10-6-5-9-28(26)29)40(60)48-30(38(58)52-35)11-7-8-16-44/h5-6,9-10,12-15,19,22-23,30-36,46,54,56H,7-8,11,16-18,20-21,44H2,1-4H3,(H2,45,57)(H,47,55)(H,48,60)(H,49,61)(H,50,59)(H,51,63)(H,52,58)(H,53,62)/t23-,30+,31+,32?,33?,34?,35?,36+/m1/s1. The zero-order chi connectivity index (χ0) is 47.8. The number of aromatic hydroxyl groups is 1. The normalized spacial score (nSPS) is 22.9. The number of benzene rings is 2. The Morgan fingerprint density at radius 3 is 2.03 bits per heavy atom. The van der Waals surface area contributed by atoms with Crippen molar-refractivity contribution in [3.8, 4) is 5.75 Å². The number of carbonyl (C=O) groups excluding carboxylic acids is 8. The minimum absolute atomic E-state index is 0.0335. The number of nitrogens with two attached hydrogens (primary N) is 2. The first-order valence-corrected chi connectivity index (χ1v) is 23.7. The summed E-state index contributed by atoms with van der Waals surface area (Å²) >= 11 is 0. The maximum absolute atomic E-state index is 14.5. The Hall–Kier alpha value is -5.84. The Kier molecular flexibility index (Phi) is 19.9. The summed E-state index contributed by atoms with van der Waals surface area (Å²) in [5.41, 5.74) is 13.2. The summed E-state index contributed by atoms with van der Waals surface area (Å²) in [6.45, 7) is 6.07. The second kappa shape index (κ2) is 25.0. The molecule has 1 aliphatic heterocycles. The number of rotatable bonds is 14. The van der Waals surface area contributed by atoms with Gasteiger partial charge in [0, 0.05) is 48.4 Å². The SMILES string of the molecule is CC(=O)NC1CSSCC(C(=O)N[C@H](C(N)=O)[C@@H](C)O)NC(=O)C(C(C)C)NC(=O)[C@H](CCCCN)NC(=O)C(Cc2c[nH]c3ccccc23)NC(=O)[C@H](Cc2ccc(O)cc2)NC1=O. The minimum atomic E-state index is -1.52. The number of nitrogens with one attached hydrogen (secondary N) is 8. The number of unbranched alkanes of at least 4 members (excludes halogenated alkanes) is 1. The summed E-state index contributed by atoms with van der Waals surface area (Å²) in [7, 11) is 2.07. The van der Waals surface area contributed by atoms with Gasteiger partial charge in [0.25, 0.3) is 0 Å². The van der Waals surface area contributed by atoms with Crippen LogP contribution in [0.1, 0.15) is 58.1 Å². The van der Waals surface area contributed by atoms with Crippen LogP contribution in [0.5, 0.6) is 5.75 Å². The number of hydrogen-bond acceptors (Lipinski definition) is 13. The van der Waals surface area contributed by atoms with Crippen LogP contribution in [0.15, 0.2) is 54.7 Å². The molecular weight excluding hydrogens is 881 g/mol. The van der Waals surface area contributed by atoms with Crippen molar-refractivity contribution < 1.29 is 48.6 Å². The molecule has 20 nitrogen and oxygen atoms in total. The van der Waals surface area contributed by atoms with Crippen molar-refractivity contribution in [2.24, 2.45) is 17.4 Å². The Labute approximate surface area is 384 Å². The predicted molar refractivity (Wildman–Crippen MR) is 247 cm³/mol. The molecule has 8 atom stereocenters. The highest BCUT2D eigenvalue weighted by Gasteiger charge is 2.36. The van der Waals surface area contributed by atoms with Gasteiger partial charge in [0.05, 0.1) is 6.10 Å². The third-order valence-electron chi connectivity index (χ3n) is 10.5.